The molecule has 0 saturated carbocycles. The molecule has 0 aliphatic carbocycles. The molecule has 88 valence electrons. The lowest BCUT2D eigenvalue weighted by Crippen LogP contribution is -2.48. The number of morpholine rings is 1. The fourth-order valence-corrected chi connectivity index (χ4v) is 2.25. The van der Waals surface area contributed by atoms with Crippen LogP contribution in [0.25, 0.3) is 0 Å². The molecule has 0 amide bonds. The van der Waals surface area contributed by atoms with Gasteiger partial charge in [0, 0.05) is 24.3 Å². The zero-order chi connectivity index (χ0) is 11.5. The minimum absolute atomic E-state index is 0.477. The second-order valence-electron chi connectivity index (χ2n) is 4.65. The van der Waals surface area contributed by atoms with Crippen molar-refractivity contribution in [2.75, 3.05) is 18.9 Å². The summed E-state index contributed by atoms with van der Waals surface area (Å²) in [6.07, 6.45) is 0. The van der Waals surface area contributed by atoms with Crippen molar-refractivity contribution in [1.82, 2.24) is 4.90 Å². The third-order valence-corrected chi connectivity index (χ3v) is 3.17. The van der Waals surface area contributed by atoms with E-state index in [4.69, 9.17) is 10.5 Å². The molecule has 1 aliphatic rings. The van der Waals surface area contributed by atoms with Gasteiger partial charge in [-0.05, 0) is 31.5 Å². The van der Waals surface area contributed by atoms with Gasteiger partial charge >= 0.3 is 0 Å². The van der Waals surface area contributed by atoms with E-state index in [0.717, 1.165) is 25.4 Å². The van der Waals surface area contributed by atoms with Gasteiger partial charge in [-0.2, -0.15) is 0 Å². The van der Waals surface area contributed by atoms with Gasteiger partial charge in [0.1, 0.15) is 0 Å². The van der Waals surface area contributed by atoms with Gasteiger partial charge in [0.15, 0.2) is 0 Å². The van der Waals surface area contributed by atoms with Gasteiger partial charge in [-0.25, -0.2) is 0 Å². The molecule has 2 rings (SSSR count). The smallest absolute Gasteiger partial charge is 0.0620 e. The van der Waals surface area contributed by atoms with Gasteiger partial charge in [0.05, 0.1) is 13.2 Å². The molecule has 2 N–H and O–H groups in total. The number of rotatable bonds is 2. The Morgan fingerprint density at radius 3 is 2.62 bits per heavy atom. The molecule has 0 aromatic heterocycles. The Labute approximate surface area is 97.2 Å². The van der Waals surface area contributed by atoms with E-state index in [9.17, 15) is 0 Å². The zero-order valence-electron chi connectivity index (χ0n) is 10.0. The van der Waals surface area contributed by atoms with E-state index in [-0.39, 0.29) is 0 Å². The van der Waals surface area contributed by atoms with Crippen LogP contribution in [-0.4, -0.2) is 30.2 Å². The highest BCUT2D eigenvalue weighted by Gasteiger charge is 2.25. The standard InChI is InChI=1S/C13H20N2O/c1-10-8-16-9-11(2)15(10)7-12-4-3-5-13(14)6-12/h3-6,10-11H,7-9,14H2,1-2H3. The van der Waals surface area contributed by atoms with Crippen molar-refractivity contribution >= 4 is 5.69 Å². The first-order chi connectivity index (χ1) is 7.66. The molecule has 0 radical (unpaired) electrons. The van der Waals surface area contributed by atoms with Crippen molar-refractivity contribution in [1.29, 1.82) is 0 Å². The number of ether oxygens (including phenoxy) is 1. The second kappa shape index (κ2) is 4.85. The highest BCUT2D eigenvalue weighted by Crippen LogP contribution is 2.18. The lowest BCUT2D eigenvalue weighted by atomic mass is 10.1. The van der Waals surface area contributed by atoms with E-state index in [1.165, 1.54) is 5.56 Å². The first kappa shape index (κ1) is 11.4. The molecule has 0 spiro atoms. The highest BCUT2D eigenvalue weighted by molar-refractivity contribution is 5.40. The SMILES string of the molecule is CC1COCC(C)N1Cc1cccc(N)c1. The van der Waals surface area contributed by atoms with Crippen LogP contribution >= 0.6 is 0 Å². The van der Waals surface area contributed by atoms with Gasteiger partial charge in [-0.3, -0.25) is 4.90 Å². The van der Waals surface area contributed by atoms with E-state index < -0.39 is 0 Å². The minimum Gasteiger partial charge on any atom is -0.399 e. The Hall–Kier alpha value is -1.06. The number of nitrogens with two attached hydrogens (primary N) is 1. The van der Waals surface area contributed by atoms with Gasteiger partial charge < -0.3 is 10.5 Å². The normalized spacial score (nSPS) is 26.9. The maximum absolute atomic E-state index is 5.79. The maximum atomic E-state index is 5.79. The summed E-state index contributed by atoms with van der Waals surface area (Å²) in [4.78, 5) is 2.47. The van der Waals surface area contributed by atoms with Crippen molar-refractivity contribution in [2.45, 2.75) is 32.5 Å². The number of hydrogen-bond donors (Lipinski definition) is 1. The third kappa shape index (κ3) is 2.54. The van der Waals surface area contributed by atoms with Gasteiger partial charge in [0.2, 0.25) is 0 Å². The van der Waals surface area contributed by atoms with Crippen LogP contribution in [0, 0.1) is 0 Å². The summed E-state index contributed by atoms with van der Waals surface area (Å²) in [5.74, 6) is 0. The molecule has 1 aliphatic heterocycles. The van der Waals surface area contributed by atoms with Crippen molar-refractivity contribution in [3.63, 3.8) is 0 Å². The molecule has 1 fully saturated rings. The average molecular weight is 220 g/mol. The molecule has 1 saturated heterocycles. The summed E-state index contributed by atoms with van der Waals surface area (Å²) < 4.78 is 5.52. The van der Waals surface area contributed by atoms with Crippen molar-refractivity contribution in [2.24, 2.45) is 0 Å². The van der Waals surface area contributed by atoms with Crippen LogP contribution in [0.3, 0.4) is 0 Å². The third-order valence-electron chi connectivity index (χ3n) is 3.17. The fraction of sp³-hybridized carbons (Fsp3) is 0.538. The van der Waals surface area contributed by atoms with Gasteiger partial charge in [0.25, 0.3) is 0 Å². The summed E-state index contributed by atoms with van der Waals surface area (Å²) in [6.45, 7) is 7.03. The maximum Gasteiger partial charge on any atom is 0.0620 e. The van der Waals surface area contributed by atoms with Crippen LogP contribution in [0.4, 0.5) is 5.69 Å². The number of nitrogen functional groups attached to an aromatic ring is 1. The summed E-state index contributed by atoms with van der Waals surface area (Å²) in [5.41, 5.74) is 7.91. The van der Waals surface area contributed by atoms with E-state index in [2.05, 4.69) is 30.9 Å². The Kier molecular flexibility index (Phi) is 3.46. The van der Waals surface area contributed by atoms with E-state index in [1.807, 2.05) is 12.1 Å². The Morgan fingerprint density at radius 1 is 1.31 bits per heavy atom. The van der Waals surface area contributed by atoms with Crippen LogP contribution in [0.15, 0.2) is 24.3 Å². The predicted octanol–water partition coefficient (Wildman–Crippen LogP) is 1.88. The first-order valence-corrected chi connectivity index (χ1v) is 5.84. The fourth-order valence-electron chi connectivity index (χ4n) is 2.25. The van der Waals surface area contributed by atoms with E-state index in [1.54, 1.807) is 0 Å². The lowest BCUT2D eigenvalue weighted by Gasteiger charge is -2.38. The Morgan fingerprint density at radius 2 is 2.00 bits per heavy atom. The summed E-state index contributed by atoms with van der Waals surface area (Å²) in [7, 11) is 0. The van der Waals surface area contributed by atoms with Crippen LogP contribution < -0.4 is 5.73 Å². The highest BCUT2D eigenvalue weighted by atomic mass is 16.5. The Bertz CT molecular complexity index is 344. The minimum atomic E-state index is 0.477. The van der Waals surface area contributed by atoms with Crippen molar-refractivity contribution in [3.05, 3.63) is 29.8 Å². The van der Waals surface area contributed by atoms with Gasteiger partial charge in [-0.1, -0.05) is 12.1 Å². The molecule has 2 atom stereocenters. The number of benzene rings is 1. The average Bonchev–Trinajstić information content (AvgIpc) is 2.24. The molecule has 2 unspecified atom stereocenters. The Balaban J connectivity index is 2.07. The molecule has 3 heteroatoms. The predicted molar refractivity (Wildman–Crippen MR) is 66.1 cm³/mol. The number of nitrogens with zero attached hydrogens (tertiary/aromatic N) is 1. The van der Waals surface area contributed by atoms with E-state index in [0.29, 0.717) is 12.1 Å². The molecule has 1 heterocycles. The first-order valence-electron chi connectivity index (χ1n) is 5.84. The summed E-state index contributed by atoms with van der Waals surface area (Å²) >= 11 is 0. The molecule has 16 heavy (non-hydrogen) atoms. The van der Waals surface area contributed by atoms with Gasteiger partial charge in [-0.15, -0.1) is 0 Å². The zero-order valence-corrected chi connectivity index (χ0v) is 10.0. The monoisotopic (exact) mass is 220 g/mol. The lowest BCUT2D eigenvalue weighted by molar-refractivity contribution is -0.0409. The largest absolute Gasteiger partial charge is 0.399 e. The topological polar surface area (TPSA) is 38.5 Å². The van der Waals surface area contributed by atoms with Crippen LogP contribution in [-0.2, 0) is 11.3 Å². The quantitative estimate of drug-likeness (QED) is 0.773. The van der Waals surface area contributed by atoms with Crippen molar-refractivity contribution < 1.29 is 4.74 Å². The number of anilines is 1. The van der Waals surface area contributed by atoms with Crippen molar-refractivity contribution in [3.8, 4) is 0 Å². The van der Waals surface area contributed by atoms with Crippen LogP contribution in [0.5, 0.6) is 0 Å². The molecule has 1 aromatic rings. The molecule has 0 bridgehead atoms. The molecular weight excluding hydrogens is 200 g/mol. The summed E-state index contributed by atoms with van der Waals surface area (Å²) in [5, 5.41) is 0. The van der Waals surface area contributed by atoms with Crippen LogP contribution in [0.1, 0.15) is 19.4 Å². The number of hydrogen-bond acceptors (Lipinski definition) is 3. The van der Waals surface area contributed by atoms with Crippen LogP contribution in [0.2, 0.25) is 0 Å². The molecule has 1 aromatic carbocycles. The van der Waals surface area contributed by atoms with E-state index >= 15 is 0 Å². The summed E-state index contributed by atoms with van der Waals surface area (Å²) in [6, 6.07) is 9.08. The molecule has 3 nitrogen and oxygen atoms in total. The second-order valence-corrected chi connectivity index (χ2v) is 4.65. The molecular formula is C13H20N2O.